The van der Waals surface area contributed by atoms with Crippen LogP contribution < -0.4 is 0 Å². The van der Waals surface area contributed by atoms with Crippen molar-refractivity contribution in [3.63, 3.8) is 0 Å². The molecule has 2 saturated heterocycles. The van der Waals surface area contributed by atoms with E-state index in [9.17, 15) is 44.7 Å². The SMILES string of the molecule is C[C@]12CCC(=O)C=C1[C@@H]1C[C@@H]1C1C2CC[C@@]2(C)C1[C@@H]1C[C@@H]1[C@@]21CCC(=O)O1.C[C@]12CCC3C(C1[C@@H]1C[C@@H]1[C@@]2(O)CCCO)[C@H]1C[C@H]1[C@]1(O)C[C@@H](O)CC[C@]31C.C[C@]12CCC3C(C1[C@@H]1C[C@@H]1[C@@]21CCC(=O)O1)[C@H]1C[C@H]1[C@]1(O)CC(=O)CC[C@]31C. The van der Waals surface area contributed by atoms with E-state index in [0.717, 1.165) is 125 Å². The van der Waals surface area contributed by atoms with Gasteiger partial charge in [-0.05, 0) is 263 Å². The number of rotatable bonds is 3. The minimum Gasteiger partial charge on any atom is -0.458 e. The molecule has 20 aliphatic rings. The first kappa shape index (κ1) is 53.8. The van der Waals surface area contributed by atoms with E-state index >= 15 is 0 Å². The molecule has 0 aromatic carbocycles. The number of esters is 2. The molecule has 9 unspecified atom stereocenters. The van der Waals surface area contributed by atoms with Gasteiger partial charge < -0.3 is 35.0 Å². The average molecular weight is 1140 g/mol. The summed E-state index contributed by atoms with van der Waals surface area (Å²) in [4.78, 5) is 48.7. The average Bonchev–Trinajstić information content (AvgIpc) is 1.49. The monoisotopic (exact) mass is 1140 g/mol. The predicted molar refractivity (Wildman–Crippen MR) is 306 cm³/mol. The molecule has 2 aliphatic heterocycles. The summed E-state index contributed by atoms with van der Waals surface area (Å²) in [5.41, 5.74) is -0.475. The lowest BCUT2D eigenvalue weighted by Crippen LogP contribution is -2.65. The van der Waals surface area contributed by atoms with Gasteiger partial charge in [0, 0.05) is 73.2 Å². The number of carbonyl (C=O) groups is 4. The lowest BCUT2D eigenvalue weighted by atomic mass is 9.42. The second-order valence-electron chi connectivity index (χ2n) is 35.8. The summed E-state index contributed by atoms with van der Waals surface area (Å²) in [6.07, 6.45) is 26.5. The second-order valence-corrected chi connectivity index (χ2v) is 35.8. The summed E-state index contributed by atoms with van der Waals surface area (Å²) >= 11 is 0. The highest BCUT2D eigenvalue weighted by Gasteiger charge is 2.86. The molecule has 0 aromatic rings. The van der Waals surface area contributed by atoms with Gasteiger partial charge in [-0.25, -0.2) is 0 Å². The Labute approximate surface area is 493 Å². The third-order valence-corrected chi connectivity index (χ3v) is 34.0. The number of ether oxygens (including phenoxy) is 2. The lowest BCUT2D eigenvalue weighted by molar-refractivity contribution is -0.237. The van der Waals surface area contributed by atoms with E-state index in [1.54, 1.807) is 0 Å². The molecule has 2 heterocycles. The fourth-order valence-electron chi connectivity index (χ4n) is 30.2. The lowest BCUT2D eigenvalue weighted by Gasteiger charge is -2.64. The van der Waals surface area contributed by atoms with E-state index in [-0.39, 0.29) is 74.1 Å². The smallest absolute Gasteiger partial charge is 0.306 e. The van der Waals surface area contributed by atoms with Crippen LogP contribution in [0.5, 0.6) is 0 Å². The van der Waals surface area contributed by atoms with Crippen molar-refractivity contribution >= 4 is 23.5 Å². The van der Waals surface area contributed by atoms with Crippen molar-refractivity contribution in [2.24, 2.45) is 157 Å². The summed E-state index contributed by atoms with van der Waals surface area (Å²) in [5.74, 6) is 13.8. The maximum atomic E-state index is 12.3. The van der Waals surface area contributed by atoms with E-state index in [1.807, 2.05) is 0 Å². The summed E-state index contributed by atoms with van der Waals surface area (Å²) in [6.45, 7) is 14.6. The van der Waals surface area contributed by atoms with Crippen molar-refractivity contribution in [1.29, 1.82) is 0 Å². The third kappa shape index (κ3) is 6.17. The number of aliphatic hydroxyl groups is 5. The standard InChI is InChI=1S/C24H32O4.C24H38O4.C24H30O3/c1-21-6-3-12(25)11-23(21,27)16-9-13(16)19-15(21)4-7-22(2)20(19)14-10-17(14)24(22)8-5-18(26)28-24;1-21-7-4-13(26)12-24(21,28)17-10-14(17)19-16(21)5-8-22(2)20(19)15-11-18(15)23(22,27)6-3-9-25;1-22-6-3-12(25)9-17(22)13-10-14(13)20-16(22)4-7-23(2)21(20)15-11-18(15)24(23)8-5-19(26)27-24/h13-17,19-20,27H,3-11H2,1-2H3;13-20,25-28H,3-12H2,1-2H3;9,13-16,18,20-21H,3-8,10-11H2,1-2H3/t13-,14+,15?,16+,17-,19?,20?,21+,22-,23+,24-;13-,14-,15+,16?,17+,18-,19?,20?,21+,22-,23-,24+;13-,14+,15-,16?,18+,20?,21?,22-,23+,24+/m001/s1. The molecule has 18 aliphatic carbocycles. The first-order chi connectivity index (χ1) is 39.4. The van der Waals surface area contributed by atoms with Crippen LogP contribution in [0, 0.1) is 157 Å². The molecular weight excluding hydrogens is 1040 g/mol. The van der Waals surface area contributed by atoms with Crippen molar-refractivity contribution in [2.45, 2.75) is 243 Å². The highest BCUT2D eigenvalue weighted by molar-refractivity contribution is 5.92. The highest BCUT2D eigenvalue weighted by Crippen LogP contribution is 2.86. The van der Waals surface area contributed by atoms with Crippen LogP contribution in [-0.2, 0) is 28.7 Å². The second kappa shape index (κ2) is 16.2. The number of ketones is 2. The molecule has 0 bridgehead atoms. The van der Waals surface area contributed by atoms with Crippen molar-refractivity contribution in [3.05, 3.63) is 11.6 Å². The van der Waals surface area contributed by atoms with Crippen LogP contribution in [0.2, 0.25) is 0 Å². The maximum Gasteiger partial charge on any atom is 0.306 e. The Morgan fingerprint density at radius 1 is 0.494 bits per heavy atom. The highest BCUT2D eigenvalue weighted by atomic mass is 16.6. The number of hydrogen-bond acceptors (Lipinski definition) is 11. The molecule has 11 heteroatoms. The van der Waals surface area contributed by atoms with Gasteiger partial charge >= 0.3 is 11.9 Å². The van der Waals surface area contributed by atoms with Crippen molar-refractivity contribution in [2.75, 3.05) is 6.61 Å². The molecule has 0 aromatic heterocycles. The van der Waals surface area contributed by atoms with Gasteiger partial charge in [0.2, 0.25) is 0 Å². The number of hydrogen-bond donors (Lipinski definition) is 5. The van der Waals surface area contributed by atoms with E-state index in [1.165, 1.54) is 44.1 Å². The van der Waals surface area contributed by atoms with Gasteiger partial charge in [0.1, 0.15) is 17.0 Å². The number of fused-ring (bicyclic) bond motifs is 34. The van der Waals surface area contributed by atoms with Gasteiger partial charge in [0.25, 0.3) is 0 Å². The summed E-state index contributed by atoms with van der Waals surface area (Å²) < 4.78 is 12.4. The quantitative estimate of drug-likeness (QED) is 0.169. The first-order valence-corrected chi connectivity index (χ1v) is 35.0. The van der Waals surface area contributed by atoms with E-state index in [2.05, 4.69) is 47.6 Å². The fraction of sp³-hybridized carbons (Fsp3) is 0.917. The zero-order valence-electron chi connectivity index (χ0n) is 51.1. The van der Waals surface area contributed by atoms with E-state index < -0.39 is 16.8 Å². The molecule has 0 amide bonds. The van der Waals surface area contributed by atoms with Crippen molar-refractivity contribution < 1.29 is 54.2 Å². The van der Waals surface area contributed by atoms with Gasteiger partial charge in [-0.15, -0.1) is 0 Å². The molecule has 33 atom stereocenters. The van der Waals surface area contributed by atoms with Crippen LogP contribution in [0.4, 0.5) is 0 Å². The Morgan fingerprint density at radius 3 is 1.59 bits per heavy atom. The molecule has 19 fully saturated rings. The molecule has 20 rings (SSSR count). The predicted octanol–water partition coefficient (Wildman–Crippen LogP) is 10.5. The molecule has 454 valence electrons. The summed E-state index contributed by atoms with van der Waals surface area (Å²) in [6, 6.07) is 0. The molecule has 17 saturated carbocycles. The first-order valence-electron chi connectivity index (χ1n) is 35.0. The molecule has 0 radical (unpaired) electrons. The Kier molecular flexibility index (Phi) is 10.5. The molecule has 5 N–H and O–H groups in total. The number of carbonyl (C=O) groups excluding carboxylic acids is 4. The van der Waals surface area contributed by atoms with Gasteiger partial charge in [-0.1, -0.05) is 47.1 Å². The molecule has 2 spiro atoms. The van der Waals surface area contributed by atoms with Gasteiger partial charge in [-0.3, -0.25) is 19.2 Å². The minimum atomic E-state index is -0.763. The van der Waals surface area contributed by atoms with Gasteiger partial charge in [-0.2, -0.15) is 0 Å². The van der Waals surface area contributed by atoms with E-state index in [4.69, 9.17) is 9.47 Å². The fourth-order valence-corrected chi connectivity index (χ4v) is 30.2. The zero-order chi connectivity index (χ0) is 57.3. The van der Waals surface area contributed by atoms with Crippen LogP contribution >= 0.6 is 0 Å². The third-order valence-electron chi connectivity index (χ3n) is 34.0. The maximum absolute atomic E-state index is 12.3. The van der Waals surface area contributed by atoms with Crippen LogP contribution in [-0.4, -0.2) is 89.8 Å². The normalized spacial score (nSPS) is 64.7. The topological polar surface area (TPSA) is 188 Å². The molecule has 11 nitrogen and oxygen atoms in total. The van der Waals surface area contributed by atoms with Crippen LogP contribution in [0.15, 0.2) is 11.6 Å². The Balaban J connectivity index is 0.0000000951. The summed E-state index contributed by atoms with van der Waals surface area (Å²) in [5, 5.41) is 55.2. The Hall–Kier alpha value is -2.18. The molecule has 83 heavy (non-hydrogen) atoms. The van der Waals surface area contributed by atoms with Gasteiger partial charge in [0.15, 0.2) is 5.78 Å². The Morgan fingerprint density at radius 2 is 1.00 bits per heavy atom. The van der Waals surface area contributed by atoms with Crippen molar-refractivity contribution in [1.82, 2.24) is 0 Å². The number of allylic oxidation sites excluding steroid dienone is 1. The number of Topliss-reactive ketones (excluding diaryl/α,β-unsaturated/α-hetero) is 1. The van der Waals surface area contributed by atoms with Crippen LogP contribution in [0.1, 0.15) is 208 Å². The largest absolute Gasteiger partial charge is 0.458 e. The number of aliphatic hydroxyl groups excluding tert-OH is 2. The van der Waals surface area contributed by atoms with Gasteiger partial charge in [0.05, 0.1) is 22.9 Å². The van der Waals surface area contributed by atoms with E-state index in [0.29, 0.717) is 133 Å². The molecular formula is C72H100O11. The summed E-state index contributed by atoms with van der Waals surface area (Å²) in [7, 11) is 0. The van der Waals surface area contributed by atoms with Crippen LogP contribution in [0.25, 0.3) is 0 Å². The zero-order valence-corrected chi connectivity index (χ0v) is 51.1. The minimum absolute atomic E-state index is 0.0229. The van der Waals surface area contributed by atoms with Crippen molar-refractivity contribution in [3.8, 4) is 0 Å². The Bertz CT molecular complexity index is 2960. The van der Waals surface area contributed by atoms with Crippen LogP contribution in [0.3, 0.4) is 0 Å².